The van der Waals surface area contributed by atoms with Gasteiger partial charge in [0, 0.05) is 11.8 Å². The van der Waals surface area contributed by atoms with Crippen LogP contribution in [0.1, 0.15) is 0 Å². The Balaban J connectivity index is 3.20. The van der Waals surface area contributed by atoms with Gasteiger partial charge in [-0.25, -0.2) is 0 Å². The number of nitro benzene ring substituents is 1. The molecule has 0 aliphatic carbocycles. The van der Waals surface area contributed by atoms with Crippen molar-refractivity contribution < 1.29 is 4.92 Å². The van der Waals surface area contributed by atoms with E-state index < -0.39 is 4.92 Å². The van der Waals surface area contributed by atoms with Crippen LogP contribution in [0.2, 0.25) is 5.02 Å². The van der Waals surface area contributed by atoms with Crippen LogP contribution < -0.4 is 5.73 Å². The van der Waals surface area contributed by atoms with E-state index in [1.54, 1.807) is 0 Å². The lowest BCUT2D eigenvalue weighted by Gasteiger charge is -1.94. The molecular weight excluding hydrogens is 168 g/mol. The summed E-state index contributed by atoms with van der Waals surface area (Å²) in [5, 5.41) is 10.3. The van der Waals surface area contributed by atoms with Gasteiger partial charge in [0.05, 0.1) is 4.92 Å². The number of hydrogen-bond acceptors (Lipinski definition) is 3. The topological polar surface area (TPSA) is 69.2 Å². The summed E-state index contributed by atoms with van der Waals surface area (Å²) in [5.74, 6) is 0. The fraction of sp³-hybridized carbons (Fsp3) is 0. The molecule has 1 rings (SSSR count). The van der Waals surface area contributed by atoms with Crippen molar-refractivity contribution in [1.29, 1.82) is 0 Å². The van der Waals surface area contributed by atoms with Gasteiger partial charge < -0.3 is 5.73 Å². The first-order valence-electron chi connectivity index (χ1n) is 2.80. The number of benzene rings is 1. The Morgan fingerprint density at radius 2 is 2.18 bits per heavy atom. The molecule has 2 N–H and O–H groups in total. The standard InChI is InChI=1S/C6H5ClN2O2/c7-5-3-4(8)1-2-6(5)9(10)11/h1-3H,8H2. The molecule has 0 amide bonds. The van der Waals surface area contributed by atoms with Crippen molar-refractivity contribution in [1.82, 2.24) is 0 Å². The molecule has 0 spiro atoms. The molecule has 4 nitrogen and oxygen atoms in total. The first-order chi connectivity index (χ1) is 5.11. The van der Waals surface area contributed by atoms with Gasteiger partial charge in [0.2, 0.25) is 0 Å². The first-order valence-corrected chi connectivity index (χ1v) is 3.18. The quantitative estimate of drug-likeness (QED) is 0.399. The van der Waals surface area contributed by atoms with Crippen LogP contribution in [0.15, 0.2) is 18.2 Å². The van der Waals surface area contributed by atoms with E-state index in [1.165, 1.54) is 18.2 Å². The highest BCUT2D eigenvalue weighted by Crippen LogP contribution is 2.25. The Labute approximate surface area is 67.7 Å². The molecule has 0 fully saturated rings. The number of halogens is 1. The third kappa shape index (κ3) is 1.59. The van der Waals surface area contributed by atoms with Crippen LogP contribution in [-0.4, -0.2) is 4.92 Å². The minimum Gasteiger partial charge on any atom is -0.399 e. The normalized spacial score (nSPS) is 9.55. The summed E-state index contributed by atoms with van der Waals surface area (Å²) in [6, 6.07) is 4.06. The van der Waals surface area contributed by atoms with Gasteiger partial charge in [0.25, 0.3) is 5.69 Å². The predicted octanol–water partition coefficient (Wildman–Crippen LogP) is 1.83. The lowest BCUT2D eigenvalue weighted by molar-refractivity contribution is -0.384. The van der Waals surface area contributed by atoms with Crippen molar-refractivity contribution in [3.63, 3.8) is 0 Å². The van der Waals surface area contributed by atoms with E-state index in [0.717, 1.165) is 0 Å². The van der Waals surface area contributed by atoms with Gasteiger partial charge in [-0.15, -0.1) is 0 Å². The molecule has 0 saturated heterocycles. The van der Waals surface area contributed by atoms with Gasteiger partial charge in [-0.05, 0) is 12.1 Å². The van der Waals surface area contributed by atoms with Crippen LogP contribution in [0.3, 0.4) is 0 Å². The van der Waals surface area contributed by atoms with Crippen molar-refractivity contribution in [2.45, 2.75) is 0 Å². The van der Waals surface area contributed by atoms with Crippen molar-refractivity contribution >= 4 is 23.0 Å². The van der Waals surface area contributed by atoms with Crippen LogP contribution in [-0.2, 0) is 0 Å². The molecule has 0 heterocycles. The Hall–Kier alpha value is -1.29. The second kappa shape index (κ2) is 2.75. The van der Waals surface area contributed by atoms with Crippen molar-refractivity contribution in [3.8, 4) is 0 Å². The van der Waals surface area contributed by atoms with E-state index >= 15 is 0 Å². The van der Waals surface area contributed by atoms with Gasteiger partial charge in [0.1, 0.15) is 5.02 Å². The molecule has 0 bridgehead atoms. The summed E-state index contributed by atoms with van der Waals surface area (Å²) >= 11 is 5.50. The maximum Gasteiger partial charge on any atom is 0.288 e. The maximum absolute atomic E-state index is 10.2. The molecule has 11 heavy (non-hydrogen) atoms. The smallest absolute Gasteiger partial charge is 0.288 e. The second-order valence-electron chi connectivity index (χ2n) is 1.97. The fourth-order valence-corrected chi connectivity index (χ4v) is 0.929. The number of nitro groups is 1. The summed E-state index contributed by atoms with van der Waals surface area (Å²) < 4.78 is 0. The molecule has 0 saturated carbocycles. The van der Waals surface area contributed by atoms with Crippen LogP contribution in [0.25, 0.3) is 0 Å². The van der Waals surface area contributed by atoms with E-state index in [2.05, 4.69) is 0 Å². The van der Waals surface area contributed by atoms with Gasteiger partial charge >= 0.3 is 0 Å². The minimum atomic E-state index is -0.554. The van der Waals surface area contributed by atoms with E-state index in [1.807, 2.05) is 0 Å². The number of rotatable bonds is 1. The fourth-order valence-electron chi connectivity index (χ4n) is 0.671. The third-order valence-corrected chi connectivity index (χ3v) is 1.47. The zero-order valence-corrected chi connectivity index (χ0v) is 6.21. The molecule has 0 unspecified atom stereocenters. The first kappa shape index (κ1) is 7.81. The molecule has 1 aromatic carbocycles. The number of hydrogen-bond donors (Lipinski definition) is 1. The number of anilines is 1. The van der Waals surface area contributed by atoms with E-state index in [9.17, 15) is 10.1 Å². The van der Waals surface area contributed by atoms with E-state index in [-0.39, 0.29) is 10.7 Å². The largest absolute Gasteiger partial charge is 0.399 e. The number of nitrogens with zero attached hydrogens (tertiary/aromatic N) is 1. The van der Waals surface area contributed by atoms with Gasteiger partial charge in [0.15, 0.2) is 0 Å². The third-order valence-electron chi connectivity index (χ3n) is 1.17. The number of nitrogens with two attached hydrogens (primary N) is 1. The molecule has 1 aromatic rings. The lowest BCUT2D eigenvalue weighted by Crippen LogP contribution is -1.90. The Morgan fingerprint density at radius 3 is 2.64 bits per heavy atom. The van der Waals surface area contributed by atoms with Gasteiger partial charge in [-0.2, -0.15) is 0 Å². The zero-order chi connectivity index (χ0) is 8.43. The Bertz CT molecular complexity index is 301. The molecule has 5 heteroatoms. The molecule has 0 aliphatic heterocycles. The predicted molar refractivity (Wildman–Crippen MR) is 42.5 cm³/mol. The Kier molecular flexibility index (Phi) is 1.96. The minimum absolute atomic E-state index is 0.0648. The number of nitrogen functional groups attached to an aromatic ring is 1. The summed E-state index contributed by atoms with van der Waals surface area (Å²) in [6.45, 7) is 0. The van der Waals surface area contributed by atoms with Crippen LogP contribution in [0.5, 0.6) is 0 Å². The summed E-state index contributed by atoms with van der Waals surface area (Å²) in [4.78, 5) is 9.66. The summed E-state index contributed by atoms with van der Waals surface area (Å²) in [5.41, 5.74) is 5.61. The SMILES string of the molecule is Nc1ccc([N+](=O)[O-])c(Cl)c1. The highest BCUT2D eigenvalue weighted by atomic mass is 35.5. The zero-order valence-electron chi connectivity index (χ0n) is 5.45. The van der Waals surface area contributed by atoms with Crippen LogP contribution in [0.4, 0.5) is 11.4 Å². The second-order valence-corrected chi connectivity index (χ2v) is 2.38. The molecule has 0 aliphatic rings. The van der Waals surface area contributed by atoms with E-state index in [0.29, 0.717) is 5.69 Å². The van der Waals surface area contributed by atoms with Gasteiger partial charge in [-0.3, -0.25) is 10.1 Å². The van der Waals surface area contributed by atoms with Crippen molar-refractivity contribution in [2.75, 3.05) is 5.73 Å². The van der Waals surface area contributed by atoms with Crippen molar-refractivity contribution in [3.05, 3.63) is 33.3 Å². The van der Waals surface area contributed by atoms with E-state index in [4.69, 9.17) is 17.3 Å². The van der Waals surface area contributed by atoms with Crippen LogP contribution in [0, 0.1) is 10.1 Å². The average Bonchev–Trinajstić information content (AvgIpc) is 1.85. The molecule has 58 valence electrons. The van der Waals surface area contributed by atoms with Gasteiger partial charge in [-0.1, -0.05) is 11.6 Å². The lowest BCUT2D eigenvalue weighted by atomic mass is 10.3. The highest BCUT2D eigenvalue weighted by molar-refractivity contribution is 6.32. The maximum atomic E-state index is 10.2. The highest BCUT2D eigenvalue weighted by Gasteiger charge is 2.10. The average molecular weight is 173 g/mol. The molecular formula is C6H5ClN2O2. The summed E-state index contributed by atoms with van der Waals surface area (Å²) in [7, 11) is 0. The molecule has 0 atom stereocenters. The van der Waals surface area contributed by atoms with Crippen molar-refractivity contribution in [2.24, 2.45) is 0 Å². The molecule has 0 radical (unpaired) electrons. The molecule has 0 aromatic heterocycles. The Morgan fingerprint density at radius 1 is 1.55 bits per heavy atom. The monoisotopic (exact) mass is 172 g/mol. The van der Waals surface area contributed by atoms with Crippen LogP contribution >= 0.6 is 11.6 Å². The summed E-state index contributed by atoms with van der Waals surface area (Å²) in [6.07, 6.45) is 0.